The fourth-order valence-electron chi connectivity index (χ4n) is 4.00. The number of nitrogens with one attached hydrogen (secondary N) is 4. The molecule has 5 rings (SSSR count). The molecule has 2 fully saturated rings. The summed E-state index contributed by atoms with van der Waals surface area (Å²) in [6, 6.07) is 22.4. The van der Waals surface area contributed by atoms with Crippen molar-refractivity contribution in [2.45, 2.75) is 44.1 Å². The lowest BCUT2D eigenvalue weighted by Crippen LogP contribution is -2.35. The molecule has 0 amide bonds. The average molecular weight is 489 g/mol. The van der Waals surface area contributed by atoms with Crippen molar-refractivity contribution in [2.75, 3.05) is 5.32 Å². The van der Waals surface area contributed by atoms with E-state index in [2.05, 4.69) is 57.9 Å². The number of aromatic hydroxyl groups is 2. The molecule has 0 aromatic heterocycles. The zero-order valence-electron chi connectivity index (χ0n) is 18.1. The Morgan fingerprint density at radius 2 is 1.58 bits per heavy atom. The summed E-state index contributed by atoms with van der Waals surface area (Å²) in [5.41, 5.74) is 11.9. The third-order valence-electron chi connectivity index (χ3n) is 5.98. The van der Waals surface area contributed by atoms with Gasteiger partial charge in [0.2, 0.25) is 0 Å². The number of benzene rings is 3. The maximum Gasteiger partial charge on any atom is 0.127 e. The van der Waals surface area contributed by atoms with Gasteiger partial charge in [-0.05, 0) is 53.8 Å². The van der Waals surface area contributed by atoms with E-state index >= 15 is 0 Å². The third-order valence-corrected chi connectivity index (χ3v) is 5.98. The van der Waals surface area contributed by atoms with Gasteiger partial charge in [0.1, 0.15) is 11.5 Å². The average Bonchev–Trinajstić information content (AvgIpc) is 3.50. The Kier molecular flexibility index (Phi) is 8.46. The molecule has 1 aliphatic carbocycles. The van der Waals surface area contributed by atoms with Gasteiger partial charge in [0.05, 0.1) is 6.17 Å². The van der Waals surface area contributed by atoms with Gasteiger partial charge in [-0.3, -0.25) is 0 Å². The Morgan fingerprint density at radius 1 is 0.848 bits per heavy atom. The van der Waals surface area contributed by atoms with Gasteiger partial charge < -0.3 is 20.8 Å². The number of phenols is 2. The van der Waals surface area contributed by atoms with E-state index in [9.17, 15) is 10.2 Å². The molecule has 1 heterocycles. The number of hydrogen-bond acceptors (Lipinski definition) is 6. The van der Waals surface area contributed by atoms with Gasteiger partial charge in [-0.25, -0.2) is 10.9 Å². The van der Waals surface area contributed by atoms with Gasteiger partial charge >= 0.3 is 0 Å². The summed E-state index contributed by atoms with van der Waals surface area (Å²) in [5.74, 6) is 0.134. The van der Waals surface area contributed by atoms with Crippen LogP contribution >= 0.6 is 24.8 Å². The zero-order valence-corrected chi connectivity index (χ0v) is 19.8. The SMILES string of the molecule is Cl.Cl.Oc1ccc(-c2ccc(C3CC(Nc4ccc(CNC5CC5)cc4)NN3)cc2)c(O)c1. The molecule has 1 aliphatic heterocycles. The quantitative estimate of drug-likeness (QED) is 0.285. The summed E-state index contributed by atoms with van der Waals surface area (Å²) in [5, 5.41) is 26.6. The van der Waals surface area contributed by atoms with Crippen LogP contribution in [-0.4, -0.2) is 22.4 Å². The predicted octanol–water partition coefficient (Wildman–Crippen LogP) is 4.84. The van der Waals surface area contributed by atoms with Crippen LogP contribution in [0.1, 0.15) is 36.4 Å². The largest absolute Gasteiger partial charge is 0.508 e. The Bertz CT molecular complexity index is 1040. The lowest BCUT2D eigenvalue weighted by atomic mass is 9.99. The molecule has 176 valence electrons. The highest BCUT2D eigenvalue weighted by Crippen LogP contribution is 2.33. The van der Waals surface area contributed by atoms with Crippen molar-refractivity contribution in [3.05, 3.63) is 77.9 Å². The molecular formula is C25H30Cl2N4O2. The van der Waals surface area contributed by atoms with Crippen molar-refractivity contribution in [1.29, 1.82) is 0 Å². The van der Waals surface area contributed by atoms with Crippen LogP contribution in [0.3, 0.4) is 0 Å². The summed E-state index contributed by atoms with van der Waals surface area (Å²) < 4.78 is 0. The molecule has 0 spiro atoms. The van der Waals surface area contributed by atoms with Gasteiger partial charge in [-0.15, -0.1) is 24.8 Å². The third kappa shape index (κ3) is 6.31. The molecule has 3 aromatic rings. The highest BCUT2D eigenvalue weighted by Gasteiger charge is 2.25. The molecule has 1 saturated carbocycles. The van der Waals surface area contributed by atoms with Gasteiger partial charge in [0, 0.05) is 42.4 Å². The van der Waals surface area contributed by atoms with Crippen LogP contribution in [0.15, 0.2) is 66.7 Å². The number of anilines is 1. The summed E-state index contributed by atoms with van der Waals surface area (Å²) in [6.45, 7) is 0.939. The standard InChI is InChI=1S/C25H28N4O2.2ClH/c30-21-11-12-22(24(31)13-21)17-3-5-18(6-4-17)23-14-25(29-28-23)27-20-7-1-16(2-8-20)15-26-19-9-10-19;;/h1-8,11-13,19,23,25-31H,9-10,14-15H2;2*1H. The molecule has 3 aromatic carbocycles. The Morgan fingerprint density at radius 3 is 2.24 bits per heavy atom. The second kappa shape index (κ2) is 11.1. The van der Waals surface area contributed by atoms with Crippen LogP contribution in [0.2, 0.25) is 0 Å². The highest BCUT2D eigenvalue weighted by atomic mass is 35.5. The van der Waals surface area contributed by atoms with Gasteiger partial charge in [-0.2, -0.15) is 0 Å². The van der Waals surface area contributed by atoms with E-state index in [0.717, 1.165) is 30.3 Å². The summed E-state index contributed by atoms with van der Waals surface area (Å²) in [4.78, 5) is 0. The second-order valence-electron chi connectivity index (χ2n) is 8.45. The molecule has 0 bridgehead atoms. The molecule has 2 atom stereocenters. The molecule has 0 radical (unpaired) electrons. The first-order valence-corrected chi connectivity index (χ1v) is 10.9. The molecular weight excluding hydrogens is 459 g/mol. The minimum Gasteiger partial charge on any atom is -0.508 e. The van der Waals surface area contributed by atoms with E-state index in [1.165, 1.54) is 30.0 Å². The number of rotatable bonds is 7. The van der Waals surface area contributed by atoms with Crippen LogP contribution < -0.4 is 21.5 Å². The van der Waals surface area contributed by atoms with Crippen molar-refractivity contribution in [1.82, 2.24) is 16.2 Å². The van der Waals surface area contributed by atoms with Gasteiger partial charge in [0.25, 0.3) is 0 Å². The van der Waals surface area contributed by atoms with Gasteiger partial charge in [-0.1, -0.05) is 36.4 Å². The van der Waals surface area contributed by atoms with Crippen LogP contribution in [-0.2, 0) is 6.54 Å². The Hall–Kier alpha value is -2.48. The predicted molar refractivity (Wildman–Crippen MR) is 137 cm³/mol. The van der Waals surface area contributed by atoms with E-state index in [0.29, 0.717) is 5.56 Å². The van der Waals surface area contributed by atoms with Crippen LogP contribution in [0, 0.1) is 0 Å². The number of hydrazine groups is 1. The fraction of sp³-hybridized carbons (Fsp3) is 0.280. The van der Waals surface area contributed by atoms with Crippen molar-refractivity contribution in [3.63, 3.8) is 0 Å². The van der Waals surface area contributed by atoms with Crippen molar-refractivity contribution in [2.24, 2.45) is 0 Å². The molecule has 2 aliphatic rings. The second-order valence-corrected chi connectivity index (χ2v) is 8.45. The summed E-state index contributed by atoms with van der Waals surface area (Å²) in [6.07, 6.45) is 3.67. The van der Waals surface area contributed by atoms with Crippen LogP contribution in [0.5, 0.6) is 11.5 Å². The van der Waals surface area contributed by atoms with Crippen molar-refractivity contribution in [3.8, 4) is 22.6 Å². The van der Waals surface area contributed by atoms with E-state index in [1.807, 2.05) is 12.1 Å². The molecule has 8 heteroatoms. The lowest BCUT2D eigenvalue weighted by Gasteiger charge is -2.14. The van der Waals surface area contributed by atoms with Gasteiger partial charge in [0.15, 0.2) is 0 Å². The smallest absolute Gasteiger partial charge is 0.127 e. The van der Waals surface area contributed by atoms with Crippen molar-refractivity contribution < 1.29 is 10.2 Å². The molecule has 33 heavy (non-hydrogen) atoms. The lowest BCUT2D eigenvalue weighted by molar-refractivity contribution is 0.452. The van der Waals surface area contributed by atoms with E-state index in [4.69, 9.17) is 0 Å². The number of hydrogen-bond donors (Lipinski definition) is 6. The minimum atomic E-state index is 0. The van der Waals surface area contributed by atoms with Crippen LogP contribution in [0.4, 0.5) is 5.69 Å². The summed E-state index contributed by atoms with van der Waals surface area (Å²) >= 11 is 0. The topological polar surface area (TPSA) is 88.6 Å². The Labute approximate surface area is 206 Å². The normalized spacial score (nSPS) is 19.4. The minimum absolute atomic E-state index is 0. The first kappa shape index (κ1) is 25.1. The molecule has 1 saturated heterocycles. The summed E-state index contributed by atoms with van der Waals surface area (Å²) in [7, 11) is 0. The Balaban J connectivity index is 0.00000153. The first-order chi connectivity index (χ1) is 15.1. The fourth-order valence-corrected chi connectivity index (χ4v) is 4.00. The van der Waals surface area contributed by atoms with E-state index in [1.54, 1.807) is 12.1 Å². The van der Waals surface area contributed by atoms with E-state index < -0.39 is 0 Å². The monoisotopic (exact) mass is 488 g/mol. The van der Waals surface area contributed by atoms with Crippen LogP contribution in [0.25, 0.3) is 11.1 Å². The maximum absolute atomic E-state index is 10.1. The zero-order chi connectivity index (χ0) is 21.2. The number of halogens is 2. The maximum atomic E-state index is 10.1. The molecule has 2 unspecified atom stereocenters. The number of phenolic OH excluding ortho intramolecular Hbond substituents is 2. The molecule has 6 N–H and O–H groups in total. The van der Waals surface area contributed by atoms with E-state index in [-0.39, 0.29) is 48.5 Å². The highest BCUT2D eigenvalue weighted by molar-refractivity contribution is 5.85. The molecule has 6 nitrogen and oxygen atoms in total. The first-order valence-electron chi connectivity index (χ1n) is 10.9. The van der Waals surface area contributed by atoms with Crippen molar-refractivity contribution >= 4 is 30.5 Å².